The molecular weight excluding hydrogens is 250 g/mol. The van der Waals surface area contributed by atoms with Gasteiger partial charge in [0, 0.05) is 6.20 Å². The van der Waals surface area contributed by atoms with Gasteiger partial charge in [-0.3, -0.25) is 4.79 Å². The zero-order chi connectivity index (χ0) is 13.2. The summed E-state index contributed by atoms with van der Waals surface area (Å²) in [4.78, 5) is 11.1. The Morgan fingerprint density at radius 3 is 2.44 bits per heavy atom. The fraction of sp³-hybridized carbons (Fsp3) is 0.154. The lowest BCUT2D eigenvalue weighted by Crippen LogP contribution is -2.14. The Hall–Kier alpha value is -1.88. The van der Waals surface area contributed by atoms with Crippen LogP contribution in [-0.2, 0) is 16.4 Å². The molecule has 0 fully saturated rings. The molecule has 0 N–H and O–H groups in total. The second-order valence-electron chi connectivity index (χ2n) is 3.86. The van der Waals surface area contributed by atoms with Gasteiger partial charge in [-0.15, -0.1) is 0 Å². The van der Waals surface area contributed by atoms with Gasteiger partial charge in [0.1, 0.15) is 0 Å². The molecule has 0 saturated carbocycles. The highest BCUT2D eigenvalue weighted by Gasteiger charge is 2.19. The minimum atomic E-state index is -3.69. The van der Waals surface area contributed by atoms with Crippen molar-refractivity contribution in [2.75, 3.05) is 0 Å². The third-order valence-electron chi connectivity index (χ3n) is 2.70. The number of hydrogen-bond donors (Lipinski definition) is 0. The predicted octanol–water partition coefficient (Wildman–Crippen LogP) is 2.10. The summed E-state index contributed by atoms with van der Waals surface area (Å²) < 4.78 is 25.7. The van der Waals surface area contributed by atoms with Crippen molar-refractivity contribution in [3.63, 3.8) is 0 Å². The van der Waals surface area contributed by atoms with Crippen molar-refractivity contribution in [1.82, 2.24) is 3.97 Å². The molecule has 1 heterocycles. The Balaban J connectivity index is 2.61. The molecule has 94 valence electrons. The first-order chi connectivity index (χ1) is 8.59. The summed E-state index contributed by atoms with van der Waals surface area (Å²) in [5.74, 6) is 0. The molecule has 0 aliphatic carbocycles. The maximum absolute atomic E-state index is 12.3. The summed E-state index contributed by atoms with van der Waals surface area (Å²) >= 11 is 0. The van der Waals surface area contributed by atoms with Crippen molar-refractivity contribution in [3.05, 3.63) is 53.9 Å². The van der Waals surface area contributed by atoms with Gasteiger partial charge in [-0.25, -0.2) is 12.4 Å². The van der Waals surface area contributed by atoms with Gasteiger partial charge < -0.3 is 0 Å². The summed E-state index contributed by atoms with van der Waals surface area (Å²) in [5.41, 5.74) is 0.965. The third-order valence-corrected chi connectivity index (χ3v) is 4.40. The standard InChI is InChI=1S/C13H13NO3S/c1-2-11-8-12(10-15)14(9-11)18(16,17)13-6-4-3-5-7-13/h3-10H,2H2,1H3. The van der Waals surface area contributed by atoms with Gasteiger partial charge in [0.15, 0.2) is 6.29 Å². The molecule has 0 aliphatic rings. The van der Waals surface area contributed by atoms with Crippen LogP contribution in [0.1, 0.15) is 23.0 Å². The van der Waals surface area contributed by atoms with E-state index in [9.17, 15) is 13.2 Å². The quantitative estimate of drug-likeness (QED) is 0.794. The topological polar surface area (TPSA) is 56.1 Å². The largest absolute Gasteiger partial charge is 0.296 e. The first-order valence-electron chi connectivity index (χ1n) is 5.56. The first kappa shape index (κ1) is 12.6. The fourth-order valence-electron chi connectivity index (χ4n) is 1.71. The van der Waals surface area contributed by atoms with E-state index in [-0.39, 0.29) is 10.6 Å². The average molecular weight is 263 g/mol. The Labute approximate surface area is 106 Å². The van der Waals surface area contributed by atoms with Crippen LogP contribution in [-0.4, -0.2) is 18.7 Å². The highest BCUT2D eigenvalue weighted by atomic mass is 32.2. The fourth-order valence-corrected chi connectivity index (χ4v) is 3.09. The van der Waals surface area contributed by atoms with Crippen molar-refractivity contribution in [1.29, 1.82) is 0 Å². The molecule has 0 spiro atoms. The minimum absolute atomic E-state index is 0.149. The van der Waals surface area contributed by atoms with Crippen LogP contribution in [0, 0.1) is 0 Å². The number of nitrogens with zero attached hydrogens (tertiary/aromatic N) is 1. The summed E-state index contributed by atoms with van der Waals surface area (Å²) in [6.07, 6.45) is 2.73. The summed E-state index contributed by atoms with van der Waals surface area (Å²) in [6.45, 7) is 1.91. The molecule has 0 unspecified atom stereocenters. The summed E-state index contributed by atoms with van der Waals surface area (Å²) in [6, 6.07) is 9.65. The van der Waals surface area contributed by atoms with Crippen molar-refractivity contribution in [3.8, 4) is 0 Å². The van der Waals surface area contributed by atoms with E-state index in [1.54, 1.807) is 24.3 Å². The number of carbonyl (C=O) groups is 1. The lowest BCUT2D eigenvalue weighted by atomic mass is 10.2. The SMILES string of the molecule is CCc1cc(C=O)n(S(=O)(=O)c2ccccc2)c1. The molecule has 0 amide bonds. The van der Waals surface area contributed by atoms with Crippen LogP contribution in [0.4, 0.5) is 0 Å². The van der Waals surface area contributed by atoms with Crippen LogP contribution in [0.15, 0.2) is 47.5 Å². The predicted molar refractivity (Wildman–Crippen MR) is 68.2 cm³/mol. The zero-order valence-electron chi connectivity index (χ0n) is 9.91. The molecule has 0 bridgehead atoms. The molecule has 18 heavy (non-hydrogen) atoms. The van der Waals surface area contributed by atoms with Crippen LogP contribution >= 0.6 is 0 Å². The minimum Gasteiger partial charge on any atom is -0.296 e. The maximum atomic E-state index is 12.3. The van der Waals surface area contributed by atoms with E-state index in [1.807, 2.05) is 6.92 Å². The number of carbonyl (C=O) groups excluding carboxylic acids is 1. The lowest BCUT2D eigenvalue weighted by molar-refractivity contribution is 0.111. The van der Waals surface area contributed by atoms with E-state index in [4.69, 9.17) is 0 Å². The molecule has 2 aromatic rings. The Bertz CT molecular complexity index is 657. The molecular formula is C13H13NO3S. The van der Waals surface area contributed by atoms with Crippen molar-refractivity contribution >= 4 is 16.3 Å². The van der Waals surface area contributed by atoms with E-state index in [1.165, 1.54) is 18.3 Å². The molecule has 4 nitrogen and oxygen atoms in total. The molecule has 0 radical (unpaired) electrons. The van der Waals surface area contributed by atoms with Crippen LogP contribution in [0.25, 0.3) is 0 Å². The van der Waals surface area contributed by atoms with Crippen molar-refractivity contribution < 1.29 is 13.2 Å². The van der Waals surface area contributed by atoms with Crippen LogP contribution in [0.2, 0.25) is 0 Å². The second kappa shape index (κ2) is 4.78. The van der Waals surface area contributed by atoms with Gasteiger partial charge in [-0.05, 0) is 30.2 Å². The third kappa shape index (κ3) is 2.09. The molecule has 5 heteroatoms. The van der Waals surface area contributed by atoms with Crippen molar-refractivity contribution in [2.45, 2.75) is 18.2 Å². The highest BCUT2D eigenvalue weighted by Crippen LogP contribution is 2.17. The van der Waals surface area contributed by atoms with Crippen LogP contribution < -0.4 is 0 Å². The van der Waals surface area contributed by atoms with E-state index in [0.717, 1.165) is 9.54 Å². The van der Waals surface area contributed by atoms with Crippen LogP contribution in [0.5, 0.6) is 0 Å². The number of aryl methyl sites for hydroxylation is 1. The second-order valence-corrected chi connectivity index (χ2v) is 5.67. The lowest BCUT2D eigenvalue weighted by Gasteiger charge is -2.06. The van der Waals surface area contributed by atoms with Gasteiger partial charge in [0.25, 0.3) is 10.0 Å². The number of rotatable bonds is 4. The van der Waals surface area contributed by atoms with Gasteiger partial charge in [-0.2, -0.15) is 0 Å². The monoisotopic (exact) mass is 263 g/mol. The number of benzene rings is 1. The van der Waals surface area contributed by atoms with Gasteiger partial charge in [-0.1, -0.05) is 25.1 Å². The molecule has 2 rings (SSSR count). The smallest absolute Gasteiger partial charge is 0.268 e. The normalized spacial score (nSPS) is 11.4. The molecule has 0 atom stereocenters. The first-order valence-corrected chi connectivity index (χ1v) is 7.00. The molecule has 1 aromatic heterocycles. The molecule has 0 saturated heterocycles. The molecule has 1 aromatic carbocycles. The van der Waals surface area contributed by atoms with Gasteiger partial charge >= 0.3 is 0 Å². The average Bonchev–Trinajstić information content (AvgIpc) is 2.84. The number of hydrogen-bond acceptors (Lipinski definition) is 3. The molecule has 0 aliphatic heterocycles. The zero-order valence-corrected chi connectivity index (χ0v) is 10.7. The summed E-state index contributed by atoms with van der Waals surface area (Å²) in [5, 5.41) is 0. The Morgan fingerprint density at radius 1 is 1.22 bits per heavy atom. The Kier molecular flexibility index (Phi) is 3.34. The van der Waals surface area contributed by atoms with Crippen molar-refractivity contribution in [2.24, 2.45) is 0 Å². The Morgan fingerprint density at radius 2 is 1.89 bits per heavy atom. The van der Waals surface area contributed by atoms with Gasteiger partial charge in [0.2, 0.25) is 0 Å². The maximum Gasteiger partial charge on any atom is 0.268 e. The van der Waals surface area contributed by atoms with Gasteiger partial charge in [0.05, 0.1) is 10.6 Å². The highest BCUT2D eigenvalue weighted by molar-refractivity contribution is 7.90. The van der Waals surface area contributed by atoms with E-state index < -0.39 is 10.0 Å². The van der Waals surface area contributed by atoms with Crippen LogP contribution in [0.3, 0.4) is 0 Å². The van der Waals surface area contributed by atoms with E-state index in [0.29, 0.717) is 12.7 Å². The summed E-state index contributed by atoms with van der Waals surface area (Å²) in [7, 11) is -3.69. The van der Waals surface area contributed by atoms with E-state index >= 15 is 0 Å². The number of aldehydes is 1. The number of aromatic nitrogens is 1. The van der Waals surface area contributed by atoms with E-state index in [2.05, 4.69) is 0 Å².